The molecule has 0 bridgehead atoms. The number of hydrogen-bond donors (Lipinski definition) is 2. The Kier molecular flexibility index (Phi) is 45.7. The molecular weight excluding hydrogens is 1060 g/mol. The molecule has 2 aromatic heterocycles. The summed E-state index contributed by atoms with van der Waals surface area (Å²) in [5.74, 6) is 4.90. The highest BCUT2D eigenvalue weighted by atomic mass is 33.1. The third-order valence-corrected chi connectivity index (χ3v) is 15.6. The number of carbonyl (C=O) groups excluding carboxylic acids is 2. The summed E-state index contributed by atoms with van der Waals surface area (Å²) in [6.45, 7) is 11.3. The van der Waals surface area contributed by atoms with Crippen LogP contribution in [-0.4, -0.2) is 172 Å². The fraction of sp³-hybridized carbons (Fsp3) is 0.733. The average molecular weight is 1160 g/mol. The van der Waals surface area contributed by atoms with E-state index >= 15 is 0 Å². The fourth-order valence-corrected chi connectivity index (χ4v) is 10.8. The highest BCUT2D eigenvalue weighted by Gasteiger charge is 2.19. The normalized spacial score (nSPS) is 14.1. The standard InChI is InChI=1S/C60H100N8O10S2/c69-59(29-27-57-53-67(65-63-57)51-55-23-15-16-24-55)61-31-35-73-39-43-77-47-45-75-41-37-71-33-19-11-7-3-1-5-9-13-21-49-79-80-50-22-14-10-6-2-4-8-12-20-34-72-38-42-76-46-48-78-44-40-74-36-32-62-60(70)30-28-58-54-68(66-64-58)52-56-25-17-18-26-56/h15-18,23-26,53-54H,1-14,19-22,27-52H2,(H,61,69)(H,62,70). The molecule has 80 heavy (non-hydrogen) atoms. The largest absolute Gasteiger partial charge is 0.379 e. The molecule has 0 atom stereocenters. The van der Waals surface area contributed by atoms with Crippen LogP contribution in [0.25, 0.3) is 0 Å². The van der Waals surface area contributed by atoms with E-state index in [-0.39, 0.29) is 11.8 Å². The lowest BCUT2D eigenvalue weighted by atomic mass is 10.1. The molecule has 0 unspecified atom stereocenters. The van der Waals surface area contributed by atoms with Crippen LogP contribution in [0.4, 0.5) is 0 Å². The average Bonchev–Trinajstić information content (AvgIpc) is 4.34. The van der Waals surface area contributed by atoms with E-state index in [0.717, 1.165) is 37.4 Å². The summed E-state index contributed by atoms with van der Waals surface area (Å²) in [6.07, 6.45) is 45.5. The molecule has 4 rings (SSSR count). The molecule has 2 N–H and O–H groups in total. The van der Waals surface area contributed by atoms with Gasteiger partial charge in [-0.1, -0.05) is 122 Å². The second kappa shape index (κ2) is 52.2. The van der Waals surface area contributed by atoms with E-state index in [1.165, 1.54) is 126 Å². The van der Waals surface area contributed by atoms with Gasteiger partial charge < -0.3 is 48.5 Å². The van der Waals surface area contributed by atoms with Crippen molar-refractivity contribution in [1.82, 2.24) is 40.6 Å². The molecule has 2 aliphatic carbocycles. The first-order chi connectivity index (χ1) is 39.6. The van der Waals surface area contributed by atoms with Gasteiger partial charge in [-0.3, -0.25) is 19.0 Å². The Morgan fingerprint density at radius 3 is 1.00 bits per heavy atom. The lowest BCUT2D eigenvalue weighted by molar-refractivity contribution is -0.122. The third-order valence-electron chi connectivity index (χ3n) is 13.0. The minimum absolute atomic E-state index is 0.0235. The van der Waals surface area contributed by atoms with Gasteiger partial charge in [0.05, 0.1) is 104 Å². The molecule has 0 aromatic carbocycles. The predicted molar refractivity (Wildman–Crippen MR) is 318 cm³/mol. The van der Waals surface area contributed by atoms with Gasteiger partial charge in [0.2, 0.25) is 11.8 Å². The van der Waals surface area contributed by atoms with Crippen LogP contribution in [-0.2, 0) is 73.4 Å². The molecule has 20 heteroatoms. The van der Waals surface area contributed by atoms with Crippen molar-refractivity contribution in [3.63, 3.8) is 0 Å². The molecule has 2 amide bonds. The van der Waals surface area contributed by atoms with E-state index in [1.807, 2.05) is 38.1 Å². The number of rotatable bonds is 59. The van der Waals surface area contributed by atoms with Crippen LogP contribution < -0.4 is 10.6 Å². The highest BCUT2D eigenvalue weighted by molar-refractivity contribution is 8.76. The van der Waals surface area contributed by atoms with E-state index in [0.29, 0.717) is 144 Å². The highest BCUT2D eigenvalue weighted by Crippen LogP contribution is 2.26. The minimum Gasteiger partial charge on any atom is -0.379 e. The molecule has 10 radical (unpaired) electrons. The summed E-state index contributed by atoms with van der Waals surface area (Å²) < 4.78 is 48.5. The topological polar surface area (TPSA) is 193 Å². The molecule has 0 aliphatic heterocycles. The summed E-state index contributed by atoms with van der Waals surface area (Å²) in [6, 6.07) is 0. The number of nitrogens with zero attached hydrogens (tertiary/aromatic N) is 6. The van der Waals surface area contributed by atoms with Crippen molar-refractivity contribution in [2.45, 2.75) is 154 Å². The summed E-state index contributed by atoms with van der Waals surface area (Å²) in [5, 5.41) is 22.4. The first-order valence-electron chi connectivity index (χ1n) is 30.2. The van der Waals surface area contributed by atoms with E-state index in [9.17, 15) is 9.59 Å². The van der Waals surface area contributed by atoms with E-state index in [2.05, 4.69) is 78.5 Å². The maximum Gasteiger partial charge on any atom is 0.220 e. The van der Waals surface area contributed by atoms with Crippen molar-refractivity contribution in [3.8, 4) is 0 Å². The van der Waals surface area contributed by atoms with Crippen LogP contribution in [0.1, 0.15) is 140 Å². The number of carbonyl (C=O) groups is 2. The summed E-state index contributed by atoms with van der Waals surface area (Å²) >= 11 is 0. The van der Waals surface area contributed by atoms with Crippen LogP contribution in [0.3, 0.4) is 0 Å². The van der Waals surface area contributed by atoms with Gasteiger partial charge in [0.1, 0.15) is 0 Å². The van der Waals surface area contributed by atoms with Crippen molar-refractivity contribution in [1.29, 1.82) is 0 Å². The Labute approximate surface area is 490 Å². The number of hydrogen-bond acceptors (Lipinski definition) is 16. The van der Waals surface area contributed by atoms with Crippen LogP contribution in [0.5, 0.6) is 0 Å². The van der Waals surface area contributed by atoms with Crippen molar-refractivity contribution in [2.24, 2.45) is 0 Å². The van der Waals surface area contributed by atoms with Crippen molar-refractivity contribution < 1.29 is 47.5 Å². The number of aryl methyl sites for hydroxylation is 2. The van der Waals surface area contributed by atoms with Crippen LogP contribution in [0, 0.1) is 63.2 Å². The molecular formula is C60H100N8O10S2. The Balaban J connectivity index is 0.711. The molecule has 0 saturated heterocycles. The molecule has 18 nitrogen and oxygen atoms in total. The number of ether oxygens (including phenoxy) is 8. The zero-order valence-corrected chi connectivity index (χ0v) is 50.1. The maximum absolute atomic E-state index is 12.1. The van der Waals surface area contributed by atoms with Gasteiger partial charge in [-0.05, 0) is 77.0 Å². The van der Waals surface area contributed by atoms with Gasteiger partial charge in [0.25, 0.3) is 0 Å². The van der Waals surface area contributed by atoms with Gasteiger partial charge in [-0.25, -0.2) is 0 Å². The molecule has 0 spiro atoms. The van der Waals surface area contributed by atoms with Gasteiger partial charge >= 0.3 is 0 Å². The molecule has 2 aromatic rings. The van der Waals surface area contributed by atoms with Crippen LogP contribution >= 0.6 is 21.6 Å². The first kappa shape index (κ1) is 70.1. The zero-order valence-electron chi connectivity index (χ0n) is 48.5. The minimum atomic E-state index is -0.0235. The number of aromatic nitrogens is 6. The van der Waals surface area contributed by atoms with Crippen LogP contribution in [0.2, 0.25) is 0 Å². The summed E-state index contributed by atoms with van der Waals surface area (Å²) in [4.78, 5) is 24.3. The van der Waals surface area contributed by atoms with Gasteiger partial charge in [-0.2, -0.15) is 0 Å². The number of nitrogens with one attached hydrogen (secondary N) is 2. The molecule has 2 fully saturated rings. The third kappa shape index (κ3) is 41.6. The lowest BCUT2D eigenvalue weighted by Crippen LogP contribution is -2.27. The van der Waals surface area contributed by atoms with E-state index in [4.69, 9.17) is 37.9 Å². The summed E-state index contributed by atoms with van der Waals surface area (Å²) in [5.41, 5.74) is 1.62. The Morgan fingerprint density at radius 2 is 0.662 bits per heavy atom. The molecule has 452 valence electrons. The Bertz CT molecular complexity index is 1590. The predicted octanol–water partition coefficient (Wildman–Crippen LogP) is 9.01. The van der Waals surface area contributed by atoms with Crippen molar-refractivity contribution >= 4 is 33.4 Å². The summed E-state index contributed by atoms with van der Waals surface area (Å²) in [7, 11) is 4.16. The van der Waals surface area contributed by atoms with E-state index < -0.39 is 0 Å². The second-order valence-corrected chi connectivity index (χ2v) is 22.7. The van der Waals surface area contributed by atoms with Crippen molar-refractivity contribution in [3.05, 3.63) is 87.0 Å². The van der Waals surface area contributed by atoms with Crippen molar-refractivity contribution in [2.75, 3.05) is 130 Å². The lowest BCUT2D eigenvalue weighted by Gasteiger charge is -2.08. The molecule has 2 heterocycles. The van der Waals surface area contributed by atoms with Crippen LogP contribution in [0.15, 0.2) is 12.4 Å². The smallest absolute Gasteiger partial charge is 0.220 e. The van der Waals surface area contributed by atoms with Gasteiger partial charge in [-0.15, -0.1) is 10.2 Å². The maximum atomic E-state index is 12.1. The number of unbranched alkanes of at least 4 members (excludes halogenated alkanes) is 16. The monoisotopic (exact) mass is 1160 g/mol. The molecule has 2 aliphatic rings. The van der Waals surface area contributed by atoms with Gasteiger partial charge in [0.15, 0.2) is 0 Å². The quantitative estimate of drug-likeness (QED) is 0.0470. The number of amides is 2. The Hall–Kier alpha value is -2.40. The zero-order chi connectivity index (χ0) is 56.1. The fourth-order valence-electron chi connectivity index (χ4n) is 8.51. The van der Waals surface area contributed by atoms with E-state index in [1.54, 1.807) is 9.36 Å². The van der Waals surface area contributed by atoms with Gasteiger partial charge in [0, 0.05) is 101 Å². The SMILES string of the molecule is O=C(CCc1cn(C[C]2[CH][CH][CH][CH]2)nn1)NCCOCCOCCOCCOCCCCCCCCCCCSSCCCCCCCCCCCOCCOCCOCCOCCNC(=O)CCc1cn(C[C]2[CH][CH][CH][CH]2)nn1. The first-order valence-corrected chi connectivity index (χ1v) is 32.7. The second-order valence-electron chi connectivity index (χ2n) is 20.0. The Morgan fingerprint density at radius 1 is 0.375 bits per heavy atom. The molecule has 2 saturated carbocycles.